The van der Waals surface area contributed by atoms with Crippen LogP contribution in [0.5, 0.6) is 0 Å². The molecule has 70 valence electrons. The van der Waals surface area contributed by atoms with Gasteiger partial charge in [0.25, 0.3) is 6.43 Å². The molecule has 0 aliphatic heterocycles. The molecule has 1 heterocycles. The maximum Gasteiger partial charge on any atom is 0.278 e. The second kappa shape index (κ2) is 3.66. The summed E-state index contributed by atoms with van der Waals surface area (Å²) in [6.07, 6.45) is -2.61. The summed E-state index contributed by atoms with van der Waals surface area (Å²) in [4.78, 5) is 23.2. The normalized spacial score (nSPS) is 10.5. The summed E-state index contributed by atoms with van der Waals surface area (Å²) >= 11 is 5.35. The summed E-state index contributed by atoms with van der Waals surface area (Å²) in [6, 6.07) is 0.667. The third-order valence-electron chi connectivity index (χ3n) is 1.37. The molecule has 0 amide bonds. The Hall–Kier alpha value is -1.23. The zero-order chi connectivity index (χ0) is 10.0. The van der Waals surface area contributed by atoms with Crippen molar-refractivity contribution in [1.82, 2.24) is 4.98 Å². The molecule has 0 aliphatic rings. The van der Waals surface area contributed by atoms with E-state index >= 15 is 0 Å². The Labute approximate surface area is 76.3 Å². The van der Waals surface area contributed by atoms with Gasteiger partial charge < -0.3 is 4.98 Å². The minimum Gasteiger partial charge on any atom is -0.350 e. The molecule has 0 saturated carbocycles. The van der Waals surface area contributed by atoms with Crippen molar-refractivity contribution >= 4 is 17.9 Å². The van der Waals surface area contributed by atoms with Gasteiger partial charge in [0.15, 0.2) is 6.29 Å². The molecule has 0 radical (unpaired) electrons. The average Bonchev–Trinajstić information content (AvgIpc) is 2.09. The number of rotatable bonds is 2. The molecule has 0 aliphatic carbocycles. The predicted octanol–water partition coefficient (Wildman–Crippen LogP) is 1.78. The van der Waals surface area contributed by atoms with Gasteiger partial charge in [-0.15, -0.1) is 0 Å². The quantitative estimate of drug-likeness (QED) is 0.752. The molecule has 0 bridgehead atoms. The Morgan fingerprint density at radius 2 is 2.15 bits per heavy atom. The number of aromatic amines is 1. The van der Waals surface area contributed by atoms with E-state index in [4.69, 9.17) is 11.6 Å². The second-order valence-electron chi connectivity index (χ2n) is 2.24. The average molecular weight is 208 g/mol. The maximum atomic E-state index is 12.1. The smallest absolute Gasteiger partial charge is 0.278 e. The molecule has 6 heteroatoms. The summed E-state index contributed by atoms with van der Waals surface area (Å²) in [7, 11) is 0. The number of nitrogens with one attached hydrogen (secondary N) is 1. The van der Waals surface area contributed by atoms with E-state index < -0.39 is 17.5 Å². The van der Waals surface area contributed by atoms with Crippen LogP contribution in [0.15, 0.2) is 10.9 Å². The van der Waals surface area contributed by atoms with Crippen LogP contribution in [0.25, 0.3) is 0 Å². The van der Waals surface area contributed by atoms with E-state index in [0.717, 1.165) is 0 Å². The molecule has 0 saturated heterocycles. The Morgan fingerprint density at radius 3 is 2.62 bits per heavy atom. The van der Waals surface area contributed by atoms with Crippen LogP contribution in [0.3, 0.4) is 0 Å². The number of pyridine rings is 1. The van der Waals surface area contributed by atoms with E-state index in [1.807, 2.05) is 0 Å². The number of aldehydes is 1. The van der Waals surface area contributed by atoms with Crippen molar-refractivity contribution in [3.63, 3.8) is 0 Å². The molecule has 0 unspecified atom stereocenters. The Balaban J connectivity index is 3.39. The van der Waals surface area contributed by atoms with E-state index in [1.165, 1.54) is 0 Å². The first-order valence-corrected chi connectivity index (χ1v) is 3.60. The van der Waals surface area contributed by atoms with Gasteiger partial charge in [-0.05, 0) is 0 Å². The lowest BCUT2D eigenvalue weighted by molar-refractivity contribution is 0.111. The van der Waals surface area contributed by atoms with Crippen molar-refractivity contribution in [2.45, 2.75) is 6.43 Å². The van der Waals surface area contributed by atoms with Gasteiger partial charge in [0.1, 0.15) is 10.7 Å². The highest BCUT2D eigenvalue weighted by atomic mass is 35.5. The van der Waals surface area contributed by atoms with E-state index in [1.54, 1.807) is 0 Å². The monoisotopic (exact) mass is 207 g/mol. The SMILES string of the molecule is O=Cc1[nH]c(C(F)F)cc(=O)c1Cl. The van der Waals surface area contributed by atoms with Crippen LogP contribution < -0.4 is 5.43 Å². The maximum absolute atomic E-state index is 12.1. The third kappa shape index (κ3) is 1.92. The molecule has 13 heavy (non-hydrogen) atoms. The highest BCUT2D eigenvalue weighted by Gasteiger charge is 2.12. The second-order valence-corrected chi connectivity index (χ2v) is 2.61. The van der Waals surface area contributed by atoms with Crippen LogP contribution in [0.1, 0.15) is 22.6 Å². The minimum absolute atomic E-state index is 0.218. The van der Waals surface area contributed by atoms with Crippen molar-refractivity contribution in [3.8, 4) is 0 Å². The van der Waals surface area contributed by atoms with Crippen molar-refractivity contribution in [2.24, 2.45) is 0 Å². The highest BCUT2D eigenvalue weighted by molar-refractivity contribution is 6.32. The number of alkyl halides is 2. The molecular formula is C7H4ClF2NO2. The molecule has 1 rings (SSSR count). The van der Waals surface area contributed by atoms with E-state index in [9.17, 15) is 18.4 Å². The molecule has 0 atom stereocenters. The third-order valence-corrected chi connectivity index (χ3v) is 1.76. The number of hydrogen-bond donors (Lipinski definition) is 1. The fourth-order valence-corrected chi connectivity index (χ4v) is 0.929. The minimum atomic E-state index is -2.83. The van der Waals surface area contributed by atoms with Gasteiger partial charge >= 0.3 is 0 Å². The molecular weight excluding hydrogens is 204 g/mol. The van der Waals surface area contributed by atoms with Crippen LogP contribution in [-0.2, 0) is 0 Å². The first kappa shape index (κ1) is 9.85. The van der Waals surface area contributed by atoms with Gasteiger partial charge in [0.05, 0.1) is 5.69 Å². The molecule has 0 spiro atoms. The fourth-order valence-electron chi connectivity index (χ4n) is 0.783. The molecule has 1 N–H and O–H groups in total. The Bertz CT molecular complexity index is 389. The van der Waals surface area contributed by atoms with Gasteiger partial charge in [0, 0.05) is 6.07 Å². The topological polar surface area (TPSA) is 49.9 Å². The standard InChI is InChI=1S/C7H4ClF2NO2/c8-6-4(2-12)11-3(7(9)10)1-5(6)13/h1-2,7H,(H,11,13). The largest absolute Gasteiger partial charge is 0.350 e. The van der Waals surface area contributed by atoms with Crippen LogP contribution in [-0.4, -0.2) is 11.3 Å². The predicted molar refractivity (Wildman–Crippen MR) is 42.4 cm³/mol. The van der Waals surface area contributed by atoms with E-state index in [2.05, 4.69) is 4.98 Å². The summed E-state index contributed by atoms with van der Waals surface area (Å²) in [6.45, 7) is 0. The number of hydrogen-bond acceptors (Lipinski definition) is 2. The molecule has 0 fully saturated rings. The van der Waals surface area contributed by atoms with E-state index in [-0.39, 0.29) is 17.0 Å². The lowest BCUT2D eigenvalue weighted by atomic mass is 10.3. The van der Waals surface area contributed by atoms with Crippen molar-refractivity contribution < 1.29 is 13.6 Å². The summed E-state index contributed by atoms with van der Waals surface area (Å²) in [5, 5.41) is -0.376. The fraction of sp³-hybridized carbons (Fsp3) is 0.143. The molecule has 1 aromatic rings. The number of H-pyrrole nitrogens is 1. The lowest BCUT2D eigenvalue weighted by Gasteiger charge is -2.01. The number of halogens is 3. The molecule has 1 aromatic heterocycles. The summed E-state index contributed by atoms with van der Waals surface area (Å²) in [5.74, 6) is 0. The van der Waals surface area contributed by atoms with Gasteiger partial charge in [-0.2, -0.15) is 0 Å². The van der Waals surface area contributed by atoms with Crippen molar-refractivity contribution in [3.05, 3.63) is 32.7 Å². The van der Waals surface area contributed by atoms with Gasteiger partial charge in [-0.3, -0.25) is 9.59 Å². The lowest BCUT2D eigenvalue weighted by Crippen LogP contribution is -2.09. The zero-order valence-corrected chi connectivity index (χ0v) is 6.94. The van der Waals surface area contributed by atoms with Gasteiger partial charge in [-0.1, -0.05) is 11.6 Å². The van der Waals surface area contributed by atoms with Gasteiger partial charge in [0.2, 0.25) is 5.43 Å². The first-order valence-electron chi connectivity index (χ1n) is 3.22. The number of carbonyl (C=O) groups is 1. The van der Waals surface area contributed by atoms with Crippen LogP contribution in [0, 0.1) is 0 Å². The first-order chi connectivity index (χ1) is 6.06. The van der Waals surface area contributed by atoms with Crippen LogP contribution in [0.2, 0.25) is 5.02 Å². The van der Waals surface area contributed by atoms with Gasteiger partial charge in [-0.25, -0.2) is 8.78 Å². The summed E-state index contributed by atoms with van der Waals surface area (Å²) < 4.78 is 24.1. The molecule has 0 aromatic carbocycles. The Kier molecular flexibility index (Phi) is 2.77. The number of carbonyl (C=O) groups excluding carboxylic acids is 1. The summed E-state index contributed by atoms with van der Waals surface area (Å²) in [5.41, 5.74) is -1.74. The van der Waals surface area contributed by atoms with Crippen molar-refractivity contribution in [2.75, 3.05) is 0 Å². The Morgan fingerprint density at radius 1 is 1.54 bits per heavy atom. The van der Waals surface area contributed by atoms with Crippen LogP contribution >= 0.6 is 11.6 Å². The zero-order valence-electron chi connectivity index (χ0n) is 6.18. The molecule has 3 nitrogen and oxygen atoms in total. The van der Waals surface area contributed by atoms with Crippen molar-refractivity contribution in [1.29, 1.82) is 0 Å². The van der Waals surface area contributed by atoms with Crippen LogP contribution in [0.4, 0.5) is 8.78 Å². The van der Waals surface area contributed by atoms with E-state index in [0.29, 0.717) is 6.07 Å². The number of aromatic nitrogens is 1. The highest BCUT2D eigenvalue weighted by Crippen LogP contribution is 2.16.